The number of primary amides is 1. The number of imide groups is 1. The lowest BCUT2D eigenvalue weighted by Gasteiger charge is -2.12. The Kier molecular flexibility index (Phi) is 4.75. The number of carbonyl (C=O) groups is 3. The zero-order valence-corrected chi connectivity index (χ0v) is 15.7. The first-order chi connectivity index (χ1) is 13.5. The molecule has 0 unspecified atom stereocenters. The number of hydrogen-bond acceptors (Lipinski definition) is 4. The third kappa shape index (κ3) is 3.44. The number of nitrogens with zero attached hydrogens (tertiary/aromatic N) is 2. The Morgan fingerprint density at radius 1 is 1.04 bits per heavy atom. The van der Waals surface area contributed by atoms with Crippen molar-refractivity contribution in [2.45, 2.75) is 13.1 Å². The van der Waals surface area contributed by atoms with Crippen molar-refractivity contribution in [3.8, 4) is 0 Å². The number of hydrogen-bond donors (Lipinski definition) is 1. The second-order valence-corrected chi connectivity index (χ2v) is 7.44. The van der Waals surface area contributed by atoms with Gasteiger partial charge in [0, 0.05) is 22.7 Å². The first-order valence-electron chi connectivity index (χ1n) is 8.68. The van der Waals surface area contributed by atoms with Crippen molar-refractivity contribution < 1.29 is 14.4 Å². The molecule has 0 aliphatic carbocycles. The number of rotatable bonds is 5. The van der Waals surface area contributed by atoms with Crippen LogP contribution in [0.2, 0.25) is 0 Å². The number of nitrogens with two attached hydrogens (primary N) is 1. The first kappa shape index (κ1) is 18.1. The molecular weight excluding hydrogens is 374 g/mol. The summed E-state index contributed by atoms with van der Waals surface area (Å²) >= 11 is 0.925. The first-order valence-corrected chi connectivity index (χ1v) is 9.50. The standard InChI is InChI=1S/C21H17N3O3S/c22-19(25)13-23-12-15(16-8-4-5-9-17(16)23)10-18-20(26)24(21(27)28-18)11-14-6-2-1-3-7-14/h1-10,12H,11,13H2,(H2,22,25). The van der Waals surface area contributed by atoms with Crippen molar-refractivity contribution in [2.24, 2.45) is 5.73 Å². The quantitative estimate of drug-likeness (QED) is 0.676. The van der Waals surface area contributed by atoms with Crippen LogP contribution in [0.3, 0.4) is 0 Å². The Labute approximate surface area is 165 Å². The van der Waals surface area contributed by atoms with Crippen LogP contribution in [0.5, 0.6) is 0 Å². The molecule has 0 saturated carbocycles. The SMILES string of the molecule is NC(=O)Cn1cc(C=C2SC(=O)N(Cc3ccccc3)C2=O)c2ccccc21. The summed E-state index contributed by atoms with van der Waals surface area (Å²) in [6.07, 6.45) is 3.48. The summed E-state index contributed by atoms with van der Waals surface area (Å²) in [5.74, 6) is -0.763. The molecule has 2 aromatic carbocycles. The number of para-hydroxylation sites is 1. The van der Waals surface area contributed by atoms with Crippen molar-refractivity contribution in [2.75, 3.05) is 0 Å². The molecule has 3 amide bonds. The van der Waals surface area contributed by atoms with Crippen molar-refractivity contribution in [3.05, 3.63) is 76.8 Å². The van der Waals surface area contributed by atoms with Crippen LogP contribution in [0.1, 0.15) is 11.1 Å². The van der Waals surface area contributed by atoms with E-state index in [0.717, 1.165) is 33.8 Å². The Morgan fingerprint density at radius 2 is 1.75 bits per heavy atom. The number of aromatic nitrogens is 1. The molecule has 1 fully saturated rings. The maximum Gasteiger partial charge on any atom is 0.293 e. The van der Waals surface area contributed by atoms with Gasteiger partial charge in [0.15, 0.2) is 0 Å². The molecule has 140 valence electrons. The molecule has 0 bridgehead atoms. The summed E-state index contributed by atoms with van der Waals surface area (Å²) in [7, 11) is 0. The van der Waals surface area contributed by atoms with Crippen LogP contribution in [0.25, 0.3) is 17.0 Å². The molecule has 28 heavy (non-hydrogen) atoms. The van der Waals surface area contributed by atoms with Gasteiger partial charge < -0.3 is 10.3 Å². The topological polar surface area (TPSA) is 85.4 Å². The van der Waals surface area contributed by atoms with E-state index in [0.29, 0.717) is 4.91 Å². The van der Waals surface area contributed by atoms with Crippen molar-refractivity contribution >= 4 is 45.8 Å². The lowest BCUT2D eigenvalue weighted by Crippen LogP contribution is -2.27. The average molecular weight is 391 g/mol. The van der Waals surface area contributed by atoms with Crippen LogP contribution in [0.15, 0.2) is 65.7 Å². The zero-order chi connectivity index (χ0) is 19.7. The normalized spacial score (nSPS) is 15.7. The van der Waals surface area contributed by atoms with Gasteiger partial charge in [0.05, 0.1) is 11.4 Å². The molecule has 1 aliphatic heterocycles. The fraction of sp³-hybridized carbons (Fsp3) is 0.0952. The predicted molar refractivity (Wildman–Crippen MR) is 109 cm³/mol. The molecule has 7 heteroatoms. The van der Waals surface area contributed by atoms with E-state index in [9.17, 15) is 14.4 Å². The molecule has 2 N–H and O–H groups in total. The summed E-state index contributed by atoms with van der Waals surface area (Å²) < 4.78 is 1.75. The fourth-order valence-corrected chi connectivity index (χ4v) is 4.06. The van der Waals surface area contributed by atoms with E-state index in [4.69, 9.17) is 5.73 Å². The van der Waals surface area contributed by atoms with Gasteiger partial charge >= 0.3 is 0 Å². The van der Waals surface area contributed by atoms with Crippen LogP contribution in [0.4, 0.5) is 4.79 Å². The Balaban J connectivity index is 1.67. The van der Waals surface area contributed by atoms with Crippen molar-refractivity contribution in [3.63, 3.8) is 0 Å². The monoisotopic (exact) mass is 391 g/mol. The van der Waals surface area contributed by atoms with E-state index in [1.54, 1.807) is 16.8 Å². The van der Waals surface area contributed by atoms with E-state index in [-0.39, 0.29) is 24.2 Å². The Morgan fingerprint density at radius 3 is 2.50 bits per heavy atom. The van der Waals surface area contributed by atoms with Gasteiger partial charge in [0.25, 0.3) is 11.1 Å². The molecule has 0 spiro atoms. The summed E-state index contributed by atoms with van der Waals surface area (Å²) in [4.78, 5) is 38.1. The molecule has 3 aromatic rings. The predicted octanol–water partition coefficient (Wildman–Crippen LogP) is 3.36. The van der Waals surface area contributed by atoms with Crippen LogP contribution in [-0.2, 0) is 22.7 Å². The number of thioether (sulfide) groups is 1. The van der Waals surface area contributed by atoms with Gasteiger partial charge in [-0.2, -0.15) is 0 Å². The molecule has 1 aromatic heterocycles. The summed E-state index contributed by atoms with van der Waals surface area (Å²) in [5.41, 5.74) is 7.84. The van der Waals surface area contributed by atoms with E-state index >= 15 is 0 Å². The molecule has 2 heterocycles. The summed E-state index contributed by atoms with van der Waals surface area (Å²) in [6.45, 7) is 0.288. The van der Waals surface area contributed by atoms with Crippen LogP contribution < -0.4 is 5.73 Å². The number of benzene rings is 2. The van der Waals surface area contributed by atoms with Crippen LogP contribution in [0, 0.1) is 0 Å². The molecule has 0 radical (unpaired) electrons. The van der Waals surface area contributed by atoms with Crippen LogP contribution in [-0.4, -0.2) is 26.5 Å². The highest BCUT2D eigenvalue weighted by atomic mass is 32.2. The van der Waals surface area contributed by atoms with Gasteiger partial charge in [-0.3, -0.25) is 19.3 Å². The highest BCUT2D eigenvalue weighted by Crippen LogP contribution is 2.35. The van der Waals surface area contributed by atoms with E-state index in [1.807, 2.05) is 54.6 Å². The third-order valence-corrected chi connectivity index (χ3v) is 5.40. The molecular formula is C21H17N3O3S. The van der Waals surface area contributed by atoms with Gasteiger partial charge in [-0.1, -0.05) is 48.5 Å². The lowest BCUT2D eigenvalue weighted by atomic mass is 10.1. The second kappa shape index (κ2) is 7.36. The van der Waals surface area contributed by atoms with Crippen molar-refractivity contribution in [1.82, 2.24) is 9.47 Å². The van der Waals surface area contributed by atoms with E-state index < -0.39 is 5.91 Å². The minimum Gasteiger partial charge on any atom is -0.368 e. The second-order valence-electron chi connectivity index (χ2n) is 6.45. The van der Waals surface area contributed by atoms with Gasteiger partial charge in [-0.25, -0.2) is 0 Å². The maximum absolute atomic E-state index is 12.8. The minimum atomic E-state index is -0.449. The highest BCUT2D eigenvalue weighted by Gasteiger charge is 2.35. The van der Waals surface area contributed by atoms with Crippen LogP contribution >= 0.6 is 11.8 Å². The van der Waals surface area contributed by atoms with Gasteiger partial charge in [-0.05, 0) is 29.5 Å². The Bertz CT molecular complexity index is 1120. The number of carbonyl (C=O) groups excluding carboxylic acids is 3. The minimum absolute atomic E-state index is 0.0455. The number of fused-ring (bicyclic) bond motifs is 1. The molecule has 1 saturated heterocycles. The fourth-order valence-electron chi connectivity index (χ4n) is 3.23. The lowest BCUT2D eigenvalue weighted by molar-refractivity contribution is -0.123. The van der Waals surface area contributed by atoms with Gasteiger partial charge in [-0.15, -0.1) is 0 Å². The van der Waals surface area contributed by atoms with Crippen molar-refractivity contribution in [1.29, 1.82) is 0 Å². The maximum atomic E-state index is 12.8. The molecule has 0 atom stereocenters. The largest absolute Gasteiger partial charge is 0.368 e. The summed E-state index contributed by atoms with van der Waals surface area (Å²) in [6, 6.07) is 16.9. The van der Waals surface area contributed by atoms with E-state index in [1.165, 1.54) is 4.90 Å². The molecule has 6 nitrogen and oxygen atoms in total. The highest BCUT2D eigenvalue weighted by molar-refractivity contribution is 8.18. The third-order valence-electron chi connectivity index (χ3n) is 4.49. The molecule has 4 rings (SSSR count). The molecule has 1 aliphatic rings. The van der Waals surface area contributed by atoms with E-state index in [2.05, 4.69) is 0 Å². The average Bonchev–Trinajstić information content (AvgIpc) is 3.15. The zero-order valence-electron chi connectivity index (χ0n) is 14.9. The Hall–Kier alpha value is -3.32. The smallest absolute Gasteiger partial charge is 0.293 e. The van der Waals surface area contributed by atoms with Gasteiger partial charge in [0.1, 0.15) is 6.54 Å². The van der Waals surface area contributed by atoms with Gasteiger partial charge in [0.2, 0.25) is 5.91 Å². The summed E-state index contributed by atoms with van der Waals surface area (Å²) in [5, 5.41) is 0.597. The number of amides is 3.